The molecule has 0 aliphatic heterocycles. The number of ether oxygens (including phenoxy) is 1. The summed E-state index contributed by atoms with van der Waals surface area (Å²) in [5, 5.41) is 17.7. The second kappa shape index (κ2) is 10.1. The Bertz CT molecular complexity index is 1100. The zero-order valence-electron chi connectivity index (χ0n) is 17.8. The van der Waals surface area contributed by atoms with Gasteiger partial charge in [0.05, 0.1) is 6.61 Å². The van der Waals surface area contributed by atoms with Gasteiger partial charge in [0.15, 0.2) is 14.6 Å². The quantitative estimate of drug-likeness (QED) is 0.281. The minimum absolute atomic E-state index is 0.0211. The molecular formula is C21H28N2O7S. The molecular weight excluding hydrogens is 424 g/mol. The number of hydroxylamine groups is 1. The highest BCUT2D eigenvalue weighted by atomic mass is 32.2. The molecule has 0 saturated heterocycles. The Kier molecular flexibility index (Phi) is 7.99. The third-order valence-corrected chi connectivity index (χ3v) is 7.33. The second-order valence-corrected chi connectivity index (χ2v) is 9.99. The van der Waals surface area contributed by atoms with Crippen molar-refractivity contribution in [3.05, 3.63) is 52.4 Å². The van der Waals surface area contributed by atoms with Gasteiger partial charge in [-0.15, -0.1) is 0 Å². The molecule has 0 aliphatic carbocycles. The number of amides is 1. The van der Waals surface area contributed by atoms with Gasteiger partial charge in [-0.3, -0.25) is 14.8 Å². The van der Waals surface area contributed by atoms with Crippen molar-refractivity contribution in [2.45, 2.75) is 38.0 Å². The minimum Gasteiger partial charge on any atom is -0.493 e. The molecule has 1 heterocycles. The first-order valence-electron chi connectivity index (χ1n) is 9.73. The average Bonchev–Trinajstić information content (AvgIpc) is 2.71. The molecule has 1 unspecified atom stereocenters. The van der Waals surface area contributed by atoms with Crippen molar-refractivity contribution >= 4 is 15.7 Å². The number of nitrogens with one attached hydrogen (secondary N) is 1. The summed E-state index contributed by atoms with van der Waals surface area (Å²) in [6.07, 6.45) is 2.81. The molecule has 0 spiro atoms. The van der Waals surface area contributed by atoms with E-state index in [1.54, 1.807) is 18.3 Å². The van der Waals surface area contributed by atoms with Crippen LogP contribution in [0.25, 0.3) is 11.1 Å². The van der Waals surface area contributed by atoms with Gasteiger partial charge in [-0.25, -0.2) is 13.9 Å². The Morgan fingerprint density at radius 1 is 1.26 bits per heavy atom. The Morgan fingerprint density at radius 2 is 1.97 bits per heavy atom. The predicted octanol–water partition coefficient (Wildman–Crippen LogP) is 1.28. The fraction of sp³-hybridized carbons (Fsp3) is 0.429. The lowest BCUT2D eigenvalue weighted by Crippen LogP contribution is -2.49. The molecule has 0 radical (unpaired) electrons. The van der Waals surface area contributed by atoms with Crippen molar-refractivity contribution in [3.8, 4) is 16.9 Å². The van der Waals surface area contributed by atoms with Crippen LogP contribution in [0.5, 0.6) is 5.75 Å². The van der Waals surface area contributed by atoms with Crippen molar-refractivity contribution in [2.75, 3.05) is 19.5 Å². The largest absolute Gasteiger partial charge is 0.493 e. The summed E-state index contributed by atoms with van der Waals surface area (Å²) in [6.45, 7) is 3.55. The fourth-order valence-corrected chi connectivity index (χ4v) is 3.93. The summed E-state index contributed by atoms with van der Waals surface area (Å²) in [7, 11) is -3.84. The highest BCUT2D eigenvalue weighted by Crippen LogP contribution is 2.26. The van der Waals surface area contributed by atoms with Gasteiger partial charge in [-0.2, -0.15) is 0 Å². The summed E-state index contributed by atoms with van der Waals surface area (Å²) in [5.74, 6) is -0.373. The first kappa shape index (κ1) is 24.6. The topological polar surface area (TPSA) is 135 Å². The molecule has 1 atom stereocenters. The Morgan fingerprint density at radius 3 is 2.52 bits per heavy atom. The number of rotatable bonds is 10. The minimum atomic E-state index is -3.84. The number of aromatic nitrogens is 1. The third-order valence-electron chi connectivity index (χ3n) is 5.31. The molecule has 31 heavy (non-hydrogen) atoms. The van der Waals surface area contributed by atoms with E-state index in [2.05, 4.69) is 0 Å². The Labute approximate surface area is 181 Å². The lowest BCUT2D eigenvalue weighted by Gasteiger charge is -2.25. The fourth-order valence-electron chi connectivity index (χ4n) is 3.08. The van der Waals surface area contributed by atoms with Crippen LogP contribution >= 0.6 is 0 Å². The molecule has 0 fully saturated rings. The first-order valence-corrected chi connectivity index (χ1v) is 11.6. The number of pyridine rings is 1. The number of hydrogen-bond donors (Lipinski definition) is 3. The number of sulfone groups is 1. The van der Waals surface area contributed by atoms with Crippen LogP contribution in [-0.2, 0) is 21.2 Å². The van der Waals surface area contributed by atoms with E-state index in [0.717, 1.165) is 17.4 Å². The van der Waals surface area contributed by atoms with Crippen LogP contribution < -0.4 is 15.8 Å². The number of nitrogens with zero attached hydrogens (tertiary/aromatic N) is 1. The lowest BCUT2D eigenvalue weighted by molar-refractivity contribution is -0.131. The van der Waals surface area contributed by atoms with Crippen molar-refractivity contribution in [1.29, 1.82) is 0 Å². The number of hydrogen-bond acceptors (Lipinski definition) is 7. The van der Waals surface area contributed by atoms with Crippen LogP contribution in [0.3, 0.4) is 0 Å². The van der Waals surface area contributed by atoms with E-state index in [4.69, 9.17) is 15.1 Å². The zero-order chi connectivity index (χ0) is 23.2. The lowest BCUT2D eigenvalue weighted by atomic mass is 10.0. The Balaban J connectivity index is 2.22. The highest BCUT2D eigenvalue weighted by Gasteiger charge is 2.43. The molecule has 2 aromatic rings. The van der Waals surface area contributed by atoms with Crippen molar-refractivity contribution in [3.63, 3.8) is 0 Å². The molecule has 2 rings (SSSR count). The first-order chi connectivity index (χ1) is 14.5. The molecule has 1 amide bonds. The molecule has 1 aromatic heterocycles. The maximum Gasteiger partial charge on any atom is 0.264 e. The average molecular weight is 453 g/mol. The van der Waals surface area contributed by atoms with Crippen LogP contribution in [0.15, 0.2) is 41.3 Å². The number of carbonyl (C=O) groups excluding carboxylic acids is 1. The maximum atomic E-state index is 12.6. The van der Waals surface area contributed by atoms with Crippen LogP contribution in [0.4, 0.5) is 0 Å². The van der Waals surface area contributed by atoms with E-state index < -0.39 is 20.5 Å². The maximum absolute atomic E-state index is 12.6. The van der Waals surface area contributed by atoms with Crippen molar-refractivity contribution < 1.29 is 28.3 Å². The summed E-state index contributed by atoms with van der Waals surface area (Å²) < 4.78 is 29.1. The van der Waals surface area contributed by atoms with Gasteiger partial charge in [0.25, 0.3) is 11.5 Å². The number of aryl methyl sites for hydroxylation is 2. The van der Waals surface area contributed by atoms with Gasteiger partial charge in [-0.1, -0.05) is 6.07 Å². The molecule has 9 nitrogen and oxygen atoms in total. The van der Waals surface area contributed by atoms with E-state index in [1.807, 2.05) is 19.1 Å². The smallest absolute Gasteiger partial charge is 0.264 e. The SMILES string of the molecule is Cc1cc(OCCCO)ccc1-c1ccn(CCC(C)(C(=O)NO)S(C)(=O)=O)c(=O)c1. The van der Waals surface area contributed by atoms with Gasteiger partial charge in [-0.05, 0) is 55.2 Å². The van der Waals surface area contributed by atoms with Crippen LogP contribution in [-0.4, -0.2) is 53.4 Å². The van der Waals surface area contributed by atoms with E-state index in [0.29, 0.717) is 24.3 Å². The van der Waals surface area contributed by atoms with Gasteiger partial charge in [0.2, 0.25) is 0 Å². The molecule has 0 aliphatic rings. The number of benzene rings is 1. The van der Waals surface area contributed by atoms with E-state index in [1.165, 1.54) is 23.0 Å². The molecule has 1 aromatic carbocycles. The number of aliphatic hydroxyl groups is 1. The summed E-state index contributed by atoms with van der Waals surface area (Å²) in [4.78, 5) is 24.5. The summed E-state index contributed by atoms with van der Waals surface area (Å²) in [6, 6.07) is 8.66. The number of aliphatic hydroxyl groups excluding tert-OH is 1. The van der Waals surface area contributed by atoms with Crippen molar-refractivity contribution in [1.82, 2.24) is 10.0 Å². The van der Waals surface area contributed by atoms with Gasteiger partial charge in [0.1, 0.15) is 5.75 Å². The summed E-state index contributed by atoms with van der Waals surface area (Å²) >= 11 is 0. The highest BCUT2D eigenvalue weighted by molar-refractivity contribution is 7.92. The molecule has 0 bridgehead atoms. The van der Waals surface area contributed by atoms with Gasteiger partial charge >= 0.3 is 0 Å². The zero-order valence-corrected chi connectivity index (χ0v) is 18.6. The van der Waals surface area contributed by atoms with E-state index >= 15 is 0 Å². The Hall–Kier alpha value is -2.69. The van der Waals surface area contributed by atoms with Gasteiger partial charge in [0, 0.05) is 38.1 Å². The standard InChI is InChI=1S/C21H28N2O7S/c1-15-13-17(30-12-4-11-24)5-6-18(15)16-7-9-23(19(25)14-16)10-8-21(2,20(26)22-27)31(3,28)29/h5-7,9,13-14,24,27H,4,8,10-12H2,1-3H3,(H,22,26). The number of carbonyl (C=O) groups is 1. The second-order valence-electron chi connectivity index (χ2n) is 7.54. The molecule has 10 heteroatoms. The van der Waals surface area contributed by atoms with Crippen molar-refractivity contribution in [2.24, 2.45) is 0 Å². The third kappa shape index (κ3) is 5.72. The van der Waals surface area contributed by atoms with E-state index in [9.17, 15) is 18.0 Å². The monoisotopic (exact) mass is 452 g/mol. The molecule has 170 valence electrons. The van der Waals surface area contributed by atoms with Crippen LogP contribution in [0.2, 0.25) is 0 Å². The molecule has 3 N–H and O–H groups in total. The normalized spacial score (nSPS) is 13.5. The van der Waals surface area contributed by atoms with Crippen LogP contribution in [0, 0.1) is 6.92 Å². The summed E-state index contributed by atoms with van der Waals surface area (Å²) in [5.41, 5.74) is 3.49. The van der Waals surface area contributed by atoms with Crippen LogP contribution in [0.1, 0.15) is 25.3 Å². The van der Waals surface area contributed by atoms with E-state index in [-0.39, 0.29) is 25.1 Å². The predicted molar refractivity (Wildman–Crippen MR) is 116 cm³/mol. The molecule has 0 saturated carbocycles. The van der Waals surface area contributed by atoms with Gasteiger partial charge < -0.3 is 14.4 Å².